The summed E-state index contributed by atoms with van der Waals surface area (Å²) in [5.41, 5.74) is -0.468. The largest absolute Gasteiger partial charge is 0.478 e. The molecule has 0 unspecified atom stereocenters. The third kappa shape index (κ3) is 5.17. The van der Waals surface area contributed by atoms with E-state index in [-0.39, 0.29) is 11.1 Å². The average Bonchev–Trinajstić information content (AvgIpc) is 2.46. The number of ether oxygens (including phenoxy) is 1. The number of hydrogen-bond acceptors (Lipinski definition) is 3. The molecule has 4 heteroatoms. The minimum atomic E-state index is -1.12. The summed E-state index contributed by atoms with van der Waals surface area (Å²) in [6, 6.07) is 6.16. The molecule has 0 radical (unpaired) electrons. The second-order valence-corrected chi connectivity index (χ2v) is 6.33. The maximum atomic E-state index is 12.4. The zero-order valence-corrected chi connectivity index (χ0v) is 13.9. The summed E-state index contributed by atoms with van der Waals surface area (Å²) < 4.78 is 5.64. The fourth-order valence-corrected chi connectivity index (χ4v) is 2.31. The molecule has 0 amide bonds. The Labute approximate surface area is 132 Å². The highest BCUT2D eigenvalue weighted by molar-refractivity contribution is 6.02. The Morgan fingerprint density at radius 2 is 1.82 bits per heavy atom. The molecule has 0 aliphatic rings. The van der Waals surface area contributed by atoms with E-state index in [4.69, 9.17) is 9.84 Å². The van der Waals surface area contributed by atoms with E-state index >= 15 is 0 Å². The van der Waals surface area contributed by atoms with Crippen LogP contribution in [-0.2, 0) is 4.74 Å². The van der Waals surface area contributed by atoms with Crippen LogP contribution in [0.1, 0.15) is 74.1 Å². The van der Waals surface area contributed by atoms with E-state index < -0.39 is 17.5 Å². The molecule has 0 aliphatic carbocycles. The van der Waals surface area contributed by atoms with Crippen LogP contribution in [0, 0.1) is 5.92 Å². The first-order valence-corrected chi connectivity index (χ1v) is 7.84. The van der Waals surface area contributed by atoms with Gasteiger partial charge in [0.2, 0.25) is 0 Å². The van der Waals surface area contributed by atoms with E-state index in [1.54, 1.807) is 12.1 Å². The molecule has 0 heterocycles. The highest BCUT2D eigenvalue weighted by Gasteiger charge is 2.28. The standard InChI is InChI=1S/C18H26O4/c1-5-18(4,12-8-9-13(2)3)22-17(21)15-11-7-6-10-14(15)16(19)20/h6-7,10-11,13H,5,8-9,12H2,1-4H3,(H,19,20)/t18-/m0/s1. The van der Waals surface area contributed by atoms with Crippen LogP contribution in [0.15, 0.2) is 24.3 Å². The van der Waals surface area contributed by atoms with Crippen LogP contribution in [0.25, 0.3) is 0 Å². The number of carbonyl (C=O) groups excluding carboxylic acids is 1. The Morgan fingerprint density at radius 3 is 2.32 bits per heavy atom. The lowest BCUT2D eigenvalue weighted by molar-refractivity contribution is -0.0169. The van der Waals surface area contributed by atoms with Gasteiger partial charge in [0.25, 0.3) is 0 Å². The number of benzene rings is 1. The topological polar surface area (TPSA) is 63.6 Å². The van der Waals surface area contributed by atoms with Crippen LogP contribution in [0.4, 0.5) is 0 Å². The van der Waals surface area contributed by atoms with Crippen molar-refractivity contribution in [3.63, 3.8) is 0 Å². The molecule has 0 saturated carbocycles. The van der Waals surface area contributed by atoms with Gasteiger partial charge in [-0.05, 0) is 44.2 Å². The van der Waals surface area contributed by atoms with Crippen molar-refractivity contribution in [2.24, 2.45) is 5.92 Å². The van der Waals surface area contributed by atoms with Crippen molar-refractivity contribution in [2.75, 3.05) is 0 Å². The third-order valence-corrected chi connectivity index (χ3v) is 3.95. The zero-order valence-electron chi connectivity index (χ0n) is 13.9. The molecule has 0 bridgehead atoms. The minimum absolute atomic E-state index is 0.0202. The van der Waals surface area contributed by atoms with Crippen molar-refractivity contribution >= 4 is 11.9 Å². The van der Waals surface area contributed by atoms with Crippen molar-refractivity contribution in [3.8, 4) is 0 Å². The zero-order chi connectivity index (χ0) is 16.8. The second-order valence-electron chi connectivity index (χ2n) is 6.33. The van der Waals surface area contributed by atoms with Gasteiger partial charge in [-0.3, -0.25) is 0 Å². The van der Waals surface area contributed by atoms with Gasteiger partial charge >= 0.3 is 11.9 Å². The molecule has 0 spiro atoms. The van der Waals surface area contributed by atoms with E-state index in [1.165, 1.54) is 12.1 Å². The predicted octanol–water partition coefficient (Wildman–Crippen LogP) is 4.54. The molecule has 1 aromatic carbocycles. The fraction of sp³-hybridized carbons (Fsp3) is 0.556. The first-order chi connectivity index (χ1) is 10.3. The van der Waals surface area contributed by atoms with Gasteiger partial charge in [0, 0.05) is 0 Å². The maximum absolute atomic E-state index is 12.4. The molecule has 4 nitrogen and oxygen atoms in total. The summed E-state index contributed by atoms with van der Waals surface area (Å²) in [6.45, 7) is 8.22. The monoisotopic (exact) mass is 306 g/mol. The lowest BCUT2D eigenvalue weighted by Crippen LogP contribution is -2.31. The van der Waals surface area contributed by atoms with E-state index in [2.05, 4.69) is 13.8 Å². The molecule has 1 aromatic rings. The van der Waals surface area contributed by atoms with Crippen molar-refractivity contribution in [2.45, 2.75) is 59.0 Å². The molecular weight excluding hydrogens is 280 g/mol. The van der Waals surface area contributed by atoms with Crippen LogP contribution >= 0.6 is 0 Å². The summed E-state index contributed by atoms with van der Waals surface area (Å²) in [4.78, 5) is 23.6. The lowest BCUT2D eigenvalue weighted by atomic mass is 9.93. The molecule has 0 saturated heterocycles. The first-order valence-electron chi connectivity index (χ1n) is 7.84. The van der Waals surface area contributed by atoms with Crippen LogP contribution in [-0.4, -0.2) is 22.6 Å². The Morgan fingerprint density at radius 1 is 1.23 bits per heavy atom. The van der Waals surface area contributed by atoms with Crippen molar-refractivity contribution in [1.29, 1.82) is 0 Å². The minimum Gasteiger partial charge on any atom is -0.478 e. The Kier molecular flexibility index (Phi) is 6.60. The third-order valence-electron chi connectivity index (χ3n) is 3.95. The molecule has 122 valence electrons. The molecular formula is C18H26O4. The molecule has 1 rings (SSSR count). The number of carboxylic acid groups (broad SMARTS) is 1. The van der Waals surface area contributed by atoms with E-state index in [1.807, 2.05) is 13.8 Å². The summed E-state index contributed by atoms with van der Waals surface area (Å²) in [5, 5.41) is 9.16. The normalized spacial score (nSPS) is 13.7. The first kappa shape index (κ1) is 18.2. The smallest absolute Gasteiger partial charge is 0.339 e. The lowest BCUT2D eigenvalue weighted by Gasteiger charge is -2.29. The van der Waals surface area contributed by atoms with E-state index in [0.29, 0.717) is 12.3 Å². The van der Waals surface area contributed by atoms with Crippen LogP contribution < -0.4 is 0 Å². The molecule has 0 fully saturated rings. The van der Waals surface area contributed by atoms with Crippen molar-refractivity contribution in [3.05, 3.63) is 35.4 Å². The maximum Gasteiger partial charge on any atom is 0.339 e. The Bertz CT molecular complexity index is 522. The number of carbonyl (C=O) groups is 2. The summed E-state index contributed by atoms with van der Waals surface area (Å²) in [7, 11) is 0. The van der Waals surface area contributed by atoms with Crippen LogP contribution in [0.5, 0.6) is 0 Å². The van der Waals surface area contributed by atoms with Gasteiger partial charge in [0.15, 0.2) is 0 Å². The number of carboxylic acids is 1. The number of aromatic carboxylic acids is 1. The van der Waals surface area contributed by atoms with E-state index in [9.17, 15) is 9.59 Å². The number of esters is 1. The van der Waals surface area contributed by atoms with Crippen LogP contribution in [0.3, 0.4) is 0 Å². The van der Waals surface area contributed by atoms with E-state index in [0.717, 1.165) is 19.3 Å². The second kappa shape index (κ2) is 7.97. The van der Waals surface area contributed by atoms with Crippen LogP contribution in [0.2, 0.25) is 0 Å². The van der Waals surface area contributed by atoms with Gasteiger partial charge in [0.1, 0.15) is 5.60 Å². The molecule has 0 aromatic heterocycles. The average molecular weight is 306 g/mol. The number of rotatable bonds is 8. The predicted molar refractivity (Wildman–Crippen MR) is 86.2 cm³/mol. The van der Waals surface area contributed by atoms with Crippen molar-refractivity contribution in [1.82, 2.24) is 0 Å². The van der Waals surface area contributed by atoms with Gasteiger partial charge in [-0.25, -0.2) is 9.59 Å². The Hall–Kier alpha value is -1.84. The van der Waals surface area contributed by atoms with Gasteiger partial charge in [-0.2, -0.15) is 0 Å². The molecule has 1 N–H and O–H groups in total. The fourth-order valence-electron chi connectivity index (χ4n) is 2.31. The summed E-state index contributed by atoms with van der Waals surface area (Å²) in [5.74, 6) is -1.07. The number of hydrogen-bond donors (Lipinski definition) is 1. The molecule has 0 aliphatic heterocycles. The highest BCUT2D eigenvalue weighted by Crippen LogP contribution is 2.26. The quantitative estimate of drug-likeness (QED) is 0.716. The van der Waals surface area contributed by atoms with Gasteiger partial charge in [-0.1, -0.05) is 39.3 Å². The molecule has 1 atom stereocenters. The van der Waals surface area contributed by atoms with Gasteiger partial charge in [-0.15, -0.1) is 0 Å². The summed E-state index contributed by atoms with van der Waals surface area (Å²) >= 11 is 0. The molecule has 22 heavy (non-hydrogen) atoms. The van der Waals surface area contributed by atoms with Gasteiger partial charge < -0.3 is 9.84 Å². The Balaban J connectivity index is 2.82. The highest BCUT2D eigenvalue weighted by atomic mass is 16.6. The van der Waals surface area contributed by atoms with Gasteiger partial charge in [0.05, 0.1) is 11.1 Å². The summed E-state index contributed by atoms with van der Waals surface area (Å²) in [6.07, 6.45) is 3.55. The SMILES string of the molecule is CC[C@@](C)(CCCC(C)C)OC(=O)c1ccccc1C(=O)O. The van der Waals surface area contributed by atoms with Crippen molar-refractivity contribution < 1.29 is 19.4 Å².